The van der Waals surface area contributed by atoms with Crippen LogP contribution >= 0.6 is 0 Å². The monoisotopic (exact) mass is 357 g/mol. The van der Waals surface area contributed by atoms with E-state index in [1.54, 1.807) is 0 Å². The summed E-state index contributed by atoms with van der Waals surface area (Å²) in [5, 5.41) is 30.4. The lowest BCUT2D eigenvalue weighted by atomic mass is 9.79. The van der Waals surface area contributed by atoms with Gasteiger partial charge in [0, 0.05) is 17.2 Å². The van der Waals surface area contributed by atoms with Crippen molar-refractivity contribution in [1.82, 2.24) is 15.0 Å². The van der Waals surface area contributed by atoms with E-state index in [2.05, 4.69) is 10.2 Å². The molecule has 5 nitrogen and oxygen atoms in total. The minimum atomic E-state index is -0.420. The zero-order chi connectivity index (χ0) is 19.4. The van der Waals surface area contributed by atoms with Crippen molar-refractivity contribution in [3.8, 4) is 17.2 Å². The van der Waals surface area contributed by atoms with Crippen LogP contribution in [-0.2, 0) is 10.8 Å². The lowest BCUT2D eigenvalue weighted by Gasteiger charge is -2.28. The van der Waals surface area contributed by atoms with Crippen molar-refractivity contribution >= 4 is 11.0 Å². The number of hydrogen-bond donors (Lipinski definition) is 2. The van der Waals surface area contributed by atoms with Crippen molar-refractivity contribution in [3.05, 3.63) is 41.2 Å². The molecule has 0 fully saturated rings. The maximum atomic E-state index is 13.5. The molecule has 0 unspecified atom stereocenters. The highest BCUT2D eigenvalue weighted by Gasteiger charge is 2.30. The fourth-order valence-corrected chi connectivity index (χ4v) is 2.97. The van der Waals surface area contributed by atoms with Crippen LogP contribution in [0.1, 0.15) is 52.7 Å². The molecule has 0 saturated heterocycles. The van der Waals surface area contributed by atoms with E-state index in [9.17, 15) is 14.6 Å². The van der Waals surface area contributed by atoms with Crippen molar-refractivity contribution < 1.29 is 14.6 Å². The topological polar surface area (TPSA) is 71.2 Å². The number of fused-ring (bicyclic) bond motifs is 1. The van der Waals surface area contributed by atoms with Crippen LogP contribution in [0.15, 0.2) is 24.3 Å². The van der Waals surface area contributed by atoms with E-state index < -0.39 is 5.82 Å². The zero-order valence-corrected chi connectivity index (χ0v) is 15.9. The number of phenolic OH excluding ortho intramolecular Hbond substituents is 2. The van der Waals surface area contributed by atoms with Crippen molar-refractivity contribution in [3.63, 3.8) is 0 Å². The van der Waals surface area contributed by atoms with Crippen LogP contribution in [0.25, 0.3) is 16.7 Å². The fraction of sp³-hybridized carbons (Fsp3) is 0.400. The summed E-state index contributed by atoms with van der Waals surface area (Å²) in [5.41, 5.74) is 1.59. The van der Waals surface area contributed by atoms with Crippen LogP contribution in [0.4, 0.5) is 4.39 Å². The first-order chi connectivity index (χ1) is 11.9. The molecule has 1 heterocycles. The number of phenols is 2. The molecule has 0 amide bonds. The highest BCUT2D eigenvalue weighted by atomic mass is 19.1. The number of hydrogen-bond acceptors (Lipinski definition) is 4. The minimum absolute atomic E-state index is 0.0798. The molecule has 0 spiro atoms. The molecule has 0 atom stereocenters. The van der Waals surface area contributed by atoms with E-state index in [0.717, 1.165) is 0 Å². The highest BCUT2D eigenvalue weighted by molar-refractivity contribution is 5.75. The van der Waals surface area contributed by atoms with Gasteiger partial charge in [0.1, 0.15) is 16.9 Å². The zero-order valence-electron chi connectivity index (χ0n) is 15.9. The van der Waals surface area contributed by atoms with E-state index in [4.69, 9.17) is 0 Å². The van der Waals surface area contributed by atoms with E-state index in [1.165, 1.54) is 23.0 Å². The summed E-state index contributed by atoms with van der Waals surface area (Å²) in [6.07, 6.45) is 0. The largest absolute Gasteiger partial charge is 0.505 e. The van der Waals surface area contributed by atoms with Gasteiger partial charge in [-0.3, -0.25) is 0 Å². The average Bonchev–Trinajstić information content (AvgIpc) is 2.86. The van der Waals surface area contributed by atoms with Crippen LogP contribution in [0, 0.1) is 5.82 Å². The highest BCUT2D eigenvalue weighted by Crippen LogP contribution is 2.45. The molecule has 3 aromatic rings. The van der Waals surface area contributed by atoms with Crippen molar-refractivity contribution in [2.24, 2.45) is 0 Å². The smallest absolute Gasteiger partial charge is 0.169 e. The molecular formula is C20H24FN3O2. The summed E-state index contributed by atoms with van der Waals surface area (Å²) < 4.78 is 13.5. The molecule has 0 aliphatic rings. The second-order valence-corrected chi connectivity index (χ2v) is 8.64. The Morgan fingerprint density at radius 1 is 0.808 bits per heavy atom. The minimum Gasteiger partial charge on any atom is -0.505 e. The number of aromatic nitrogens is 3. The fourth-order valence-electron chi connectivity index (χ4n) is 2.97. The van der Waals surface area contributed by atoms with Gasteiger partial charge in [-0.25, -0.2) is 4.39 Å². The van der Waals surface area contributed by atoms with Crippen molar-refractivity contribution in [1.29, 1.82) is 0 Å². The molecule has 6 heteroatoms. The van der Waals surface area contributed by atoms with Gasteiger partial charge in [0.25, 0.3) is 0 Å². The van der Waals surface area contributed by atoms with Crippen molar-refractivity contribution in [2.75, 3.05) is 0 Å². The summed E-state index contributed by atoms with van der Waals surface area (Å²) in [6.45, 7) is 11.9. The normalized spacial score (nSPS) is 12.7. The summed E-state index contributed by atoms with van der Waals surface area (Å²) in [4.78, 5) is 1.18. The quantitative estimate of drug-likeness (QED) is 0.669. The lowest BCUT2D eigenvalue weighted by molar-refractivity contribution is 0.408. The number of nitrogens with zero attached hydrogens (tertiary/aromatic N) is 3. The molecule has 3 rings (SSSR count). The van der Waals surface area contributed by atoms with E-state index >= 15 is 0 Å². The first-order valence-electron chi connectivity index (χ1n) is 8.52. The Hall–Kier alpha value is -2.63. The third kappa shape index (κ3) is 3.00. The maximum Gasteiger partial charge on any atom is 0.169 e. The van der Waals surface area contributed by atoms with Gasteiger partial charge in [-0.2, -0.15) is 0 Å². The molecule has 0 saturated carbocycles. The molecule has 0 bridgehead atoms. The number of benzene rings is 2. The Morgan fingerprint density at radius 3 is 1.81 bits per heavy atom. The molecule has 138 valence electrons. The standard InChI is InChI=1S/C20H24FN3O2/c1-19(2,3)12-10-13(20(4,5)6)18(26)16(17(12)25)24-22-14-8-7-11(21)9-15(14)23-24/h7-10,25-26H,1-6H3. The predicted molar refractivity (Wildman–Crippen MR) is 99.6 cm³/mol. The van der Waals surface area contributed by atoms with Gasteiger partial charge >= 0.3 is 0 Å². The third-order valence-electron chi connectivity index (χ3n) is 4.41. The Bertz CT molecular complexity index is 957. The Labute approximate surface area is 152 Å². The SMILES string of the molecule is CC(C)(C)c1cc(C(C)(C)C)c(O)c(-n2nc3ccc(F)cc3n2)c1O. The van der Waals surface area contributed by atoms with Crippen LogP contribution < -0.4 is 0 Å². The summed E-state index contributed by atoms with van der Waals surface area (Å²) in [5.74, 6) is -0.579. The summed E-state index contributed by atoms with van der Waals surface area (Å²) in [7, 11) is 0. The van der Waals surface area contributed by atoms with Crippen LogP contribution in [0.3, 0.4) is 0 Å². The first-order valence-corrected chi connectivity index (χ1v) is 8.52. The van der Waals surface area contributed by atoms with Crippen LogP contribution in [0.2, 0.25) is 0 Å². The number of aromatic hydroxyl groups is 2. The lowest BCUT2D eigenvalue weighted by Crippen LogP contribution is -2.18. The Balaban J connectivity index is 2.37. The molecule has 0 radical (unpaired) electrons. The van der Waals surface area contributed by atoms with Gasteiger partial charge in [-0.1, -0.05) is 41.5 Å². The molecule has 1 aromatic heterocycles. The van der Waals surface area contributed by atoms with Gasteiger partial charge in [0.2, 0.25) is 0 Å². The van der Waals surface area contributed by atoms with Gasteiger partial charge in [0.15, 0.2) is 17.2 Å². The predicted octanol–water partition coefficient (Wildman–Crippen LogP) is 4.57. The number of rotatable bonds is 1. The van der Waals surface area contributed by atoms with Gasteiger partial charge < -0.3 is 10.2 Å². The second kappa shape index (κ2) is 5.69. The third-order valence-corrected chi connectivity index (χ3v) is 4.41. The molecule has 2 aromatic carbocycles. The number of halogens is 1. The summed E-state index contributed by atoms with van der Waals surface area (Å²) in [6, 6.07) is 5.91. The van der Waals surface area contributed by atoms with E-state index in [1.807, 2.05) is 47.6 Å². The molecule has 0 aliphatic carbocycles. The average molecular weight is 357 g/mol. The Morgan fingerprint density at radius 2 is 1.31 bits per heavy atom. The van der Waals surface area contributed by atoms with Crippen LogP contribution in [-0.4, -0.2) is 25.2 Å². The first kappa shape index (κ1) is 18.2. The summed E-state index contributed by atoms with van der Waals surface area (Å²) >= 11 is 0. The van der Waals surface area contributed by atoms with Gasteiger partial charge in [0.05, 0.1) is 0 Å². The van der Waals surface area contributed by atoms with Gasteiger partial charge in [-0.05, 0) is 29.0 Å². The molecule has 0 aliphatic heterocycles. The molecular weight excluding hydrogens is 333 g/mol. The molecule has 2 N–H and O–H groups in total. The Kier molecular flexibility index (Phi) is 3.98. The van der Waals surface area contributed by atoms with Gasteiger partial charge in [-0.15, -0.1) is 15.0 Å². The van der Waals surface area contributed by atoms with Crippen molar-refractivity contribution in [2.45, 2.75) is 52.4 Å². The maximum absolute atomic E-state index is 13.5. The molecule has 26 heavy (non-hydrogen) atoms. The van der Waals surface area contributed by atoms with E-state index in [0.29, 0.717) is 22.2 Å². The van der Waals surface area contributed by atoms with Crippen LogP contribution in [0.5, 0.6) is 11.5 Å². The second-order valence-electron chi connectivity index (χ2n) is 8.64. The van der Waals surface area contributed by atoms with E-state index in [-0.39, 0.29) is 28.0 Å².